The molecule has 2 aliphatic heterocycles. The van der Waals surface area contributed by atoms with Crippen LogP contribution in [0.25, 0.3) is 0 Å². The van der Waals surface area contributed by atoms with Gasteiger partial charge in [0.2, 0.25) is 23.8 Å². The van der Waals surface area contributed by atoms with Crippen molar-refractivity contribution >= 4 is 23.8 Å². The minimum absolute atomic E-state index is 0.0000520. The molecule has 0 aliphatic carbocycles. The zero-order valence-electron chi connectivity index (χ0n) is 16.2. The van der Waals surface area contributed by atoms with Crippen LogP contribution in [0, 0.1) is 0 Å². The highest BCUT2D eigenvalue weighted by atomic mass is 15.5. The Kier molecular flexibility index (Phi) is 6.05. The van der Waals surface area contributed by atoms with Gasteiger partial charge in [-0.3, -0.25) is 24.8 Å². The molecule has 0 aromatic carbocycles. The lowest BCUT2D eigenvalue weighted by atomic mass is 10.4. The van der Waals surface area contributed by atoms with Crippen molar-refractivity contribution < 1.29 is 0 Å². The van der Waals surface area contributed by atoms with Crippen LogP contribution in [0.1, 0.15) is 13.8 Å². The minimum Gasteiger partial charge on any atom is -0.344 e. The van der Waals surface area contributed by atoms with Crippen molar-refractivity contribution in [1.82, 2.24) is 30.7 Å². The molecule has 1 fully saturated rings. The number of hydrogen-bond acceptors (Lipinski definition) is 5. The lowest BCUT2D eigenvalue weighted by Gasteiger charge is -2.35. The normalized spacial score (nSPS) is 28.6. The van der Waals surface area contributed by atoms with E-state index < -0.39 is 0 Å². The van der Waals surface area contributed by atoms with Gasteiger partial charge in [0.15, 0.2) is 0 Å². The molecule has 0 bridgehead atoms. The molecule has 10 nitrogen and oxygen atoms in total. The highest BCUT2D eigenvalue weighted by Gasteiger charge is 2.24. The molecule has 0 saturated carbocycles. The number of guanidine groups is 4. The molecule has 0 amide bonds. The van der Waals surface area contributed by atoms with Gasteiger partial charge in [-0.05, 0) is 13.8 Å². The molecule has 10 heteroatoms. The molecule has 0 radical (unpaired) electrons. The molecule has 2 rings (SSSR count). The molecule has 2 aliphatic rings. The maximum absolute atomic E-state index is 4.68. The first-order valence-corrected chi connectivity index (χ1v) is 8.41. The van der Waals surface area contributed by atoms with Crippen molar-refractivity contribution in [3.63, 3.8) is 0 Å². The number of nitrogens with one attached hydrogen (secondary N) is 3. The third-order valence-corrected chi connectivity index (χ3v) is 4.05. The lowest BCUT2D eigenvalue weighted by molar-refractivity contribution is 0.426. The van der Waals surface area contributed by atoms with E-state index >= 15 is 0 Å². The molecule has 2 atom stereocenters. The molecule has 0 aromatic rings. The topological polar surface area (TPSA) is 95.2 Å². The first kappa shape index (κ1) is 18.8. The molecule has 0 spiro atoms. The van der Waals surface area contributed by atoms with Gasteiger partial charge < -0.3 is 20.9 Å². The van der Waals surface area contributed by atoms with Gasteiger partial charge in [0.25, 0.3) is 0 Å². The summed E-state index contributed by atoms with van der Waals surface area (Å²) in [7, 11) is 9.44. The number of likely N-dealkylation sites (N-methyl/N-ethyl adjacent to an activating group) is 1. The van der Waals surface area contributed by atoms with Crippen LogP contribution in [0.3, 0.4) is 0 Å². The summed E-state index contributed by atoms with van der Waals surface area (Å²) >= 11 is 0. The summed E-state index contributed by atoms with van der Waals surface area (Å²) in [6.07, 6.45) is 0.0931. The highest BCUT2D eigenvalue weighted by molar-refractivity contribution is 6.01. The van der Waals surface area contributed by atoms with Crippen LogP contribution in [0.2, 0.25) is 0 Å². The summed E-state index contributed by atoms with van der Waals surface area (Å²) in [6.45, 7) is 5.42. The van der Waals surface area contributed by atoms with Crippen LogP contribution in [-0.4, -0.2) is 99.2 Å². The summed E-state index contributed by atoms with van der Waals surface area (Å²) in [6, 6.07) is 0. The van der Waals surface area contributed by atoms with Gasteiger partial charge in [0, 0.05) is 41.8 Å². The van der Waals surface area contributed by atoms with E-state index in [2.05, 4.69) is 40.8 Å². The zero-order valence-corrected chi connectivity index (χ0v) is 16.2. The number of hydrogen-bond donors (Lipinski definition) is 3. The van der Waals surface area contributed by atoms with Crippen molar-refractivity contribution in [3.05, 3.63) is 0 Å². The number of rotatable bonds is 3. The smallest absolute Gasteiger partial charge is 0.205 e. The van der Waals surface area contributed by atoms with Crippen LogP contribution in [0.4, 0.5) is 0 Å². The van der Waals surface area contributed by atoms with Crippen molar-refractivity contribution in [1.29, 1.82) is 0 Å². The van der Waals surface area contributed by atoms with Gasteiger partial charge in [0.05, 0.1) is 12.7 Å². The lowest BCUT2D eigenvalue weighted by Crippen LogP contribution is -2.62. The molecule has 2 heterocycles. The summed E-state index contributed by atoms with van der Waals surface area (Å²) in [5.41, 5.74) is 0. The number of nitrogens with zero attached hydrogens (tertiary/aromatic N) is 7. The van der Waals surface area contributed by atoms with Gasteiger partial charge in [-0.25, -0.2) is 4.99 Å². The SMILES string of the molecule is CN=C1N[C@H](C)NC(=NCCN(C)C2=N[C@H](C)NC(=NC)N2C)N1C. The van der Waals surface area contributed by atoms with Crippen molar-refractivity contribution in [2.75, 3.05) is 48.3 Å². The Hall–Kier alpha value is -2.52. The van der Waals surface area contributed by atoms with Gasteiger partial charge in [-0.2, -0.15) is 0 Å². The highest BCUT2D eigenvalue weighted by Crippen LogP contribution is 2.05. The van der Waals surface area contributed by atoms with Gasteiger partial charge in [0.1, 0.15) is 6.17 Å². The second-order valence-electron chi connectivity index (χ2n) is 6.10. The average molecular weight is 350 g/mol. The Morgan fingerprint density at radius 2 is 1.60 bits per heavy atom. The van der Waals surface area contributed by atoms with Gasteiger partial charge in [-0.1, -0.05) is 0 Å². The zero-order chi connectivity index (χ0) is 18.6. The van der Waals surface area contributed by atoms with Crippen molar-refractivity contribution in [2.45, 2.75) is 26.2 Å². The fraction of sp³-hybridized carbons (Fsp3) is 0.733. The largest absolute Gasteiger partial charge is 0.344 e. The van der Waals surface area contributed by atoms with Crippen LogP contribution >= 0.6 is 0 Å². The van der Waals surface area contributed by atoms with Gasteiger partial charge >= 0.3 is 0 Å². The third kappa shape index (κ3) is 4.31. The predicted octanol–water partition coefficient (Wildman–Crippen LogP) is -1.05. The molecular formula is C15H30N10. The Labute approximate surface area is 149 Å². The summed E-state index contributed by atoms with van der Waals surface area (Å²) < 4.78 is 0. The van der Waals surface area contributed by atoms with E-state index in [0.717, 1.165) is 30.4 Å². The Morgan fingerprint density at radius 1 is 1.00 bits per heavy atom. The Morgan fingerprint density at radius 3 is 2.24 bits per heavy atom. The van der Waals surface area contributed by atoms with E-state index in [1.165, 1.54) is 0 Å². The quantitative estimate of drug-likeness (QED) is 0.601. The van der Waals surface area contributed by atoms with Crippen LogP contribution in [-0.2, 0) is 0 Å². The molecular weight excluding hydrogens is 320 g/mol. The molecule has 0 aromatic heterocycles. The van der Waals surface area contributed by atoms with E-state index in [1.54, 1.807) is 14.1 Å². The monoisotopic (exact) mass is 350 g/mol. The second-order valence-corrected chi connectivity index (χ2v) is 6.10. The number of aliphatic imine (C=N–C) groups is 4. The van der Waals surface area contributed by atoms with Crippen molar-refractivity contribution in [3.8, 4) is 0 Å². The van der Waals surface area contributed by atoms with E-state index in [4.69, 9.17) is 0 Å². The van der Waals surface area contributed by atoms with Crippen LogP contribution in [0.15, 0.2) is 20.0 Å². The molecule has 0 unspecified atom stereocenters. The van der Waals surface area contributed by atoms with Crippen molar-refractivity contribution in [2.24, 2.45) is 20.0 Å². The Bertz CT molecular complexity index is 593. The molecule has 3 N–H and O–H groups in total. The van der Waals surface area contributed by atoms with E-state index in [0.29, 0.717) is 6.54 Å². The van der Waals surface area contributed by atoms with E-state index in [-0.39, 0.29) is 12.3 Å². The molecule has 25 heavy (non-hydrogen) atoms. The summed E-state index contributed by atoms with van der Waals surface area (Å²) in [4.78, 5) is 23.8. The molecule has 1 saturated heterocycles. The Balaban J connectivity index is 2.01. The second kappa shape index (κ2) is 8.04. The molecule has 140 valence electrons. The van der Waals surface area contributed by atoms with Crippen LogP contribution < -0.4 is 16.0 Å². The fourth-order valence-electron chi connectivity index (χ4n) is 2.73. The standard InChI is InChI=1S/C15H30N10/c1-10-19-12(16-3)24(6)14(21-10)18-8-9-23(5)15-22-11(2)20-13(17-4)25(15)7/h10-11H,8-9H2,1-7H3,(H,16,19)(H,17,20)(H,18,21)/t10-,11+/m0/s1. The maximum atomic E-state index is 4.68. The van der Waals surface area contributed by atoms with Gasteiger partial charge in [-0.15, -0.1) is 0 Å². The fourth-order valence-corrected chi connectivity index (χ4v) is 2.73. The maximum Gasteiger partial charge on any atom is 0.205 e. The third-order valence-electron chi connectivity index (χ3n) is 4.05. The first-order valence-electron chi connectivity index (χ1n) is 8.41. The van der Waals surface area contributed by atoms with E-state index in [1.807, 2.05) is 44.8 Å². The van der Waals surface area contributed by atoms with E-state index in [9.17, 15) is 0 Å². The minimum atomic E-state index is 0.0000520. The average Bonchev–Trinajstić information content (AvgIpc) is 2.58. The summed E-state index contributed by atoms with van der Waals surface area (Å²) in [5.74, 6) is 3.30. The summed E-state index contributed by atoms with van der Waals surface area (Å²) in [5, 5.41) is 9.79. The first-order chi connectivity index (χ1) is 11.9. The van der Waals surface area contributed by atoms with Crippen LogP contribution in [0.5, 0.6) is 0 Å². The predicted molar refractivity (Wildman–Crippen MR) is 103 cm³/mol.